The molecule has 1 N–H and O–H groups in total. The van der Waals surface area contributed by atoms with Crippen LogP contribution in [-0.4, -0.2) is 29.0 Å². The van der Waals surface area contributed by atoms with Crippen molar-refractivity contribution in [1.82, 2.24) is 4.90 Å². The molecule has 1 amide bonds. The Morgan fingerprint density at radius 3 is 2.76 bits per heavy atom. The van der Waals surface area contributed by atoms with Gasteiger partial charge in [0.1, 0.15) is 0 Å². The van der Waals surface area contributed by atoms with Crippen molar-refractivity contribution in [3.63, 3.8) is 0 Å². The Morgan fingerprint density at radius 2 is 1.96 bits per heavy atom. The molecule has 0 fully saturated rings. The molecular weight excluding hydrogens is 357 g/mol. The van der Waals surface area contributed by atoms with Crippen molar-refractivity contribution in [1.29, 1.82) is 0 Å². The third-order valence-corrected chi connectivity index (χ3v) is 5.37. The van der Waals surface area contributed by atoms with Crippen molar-refractivity contribution >= 4 is 34.7 Å². The lowest BCUT2D eigenvalue weighted by atomic mass is 9.98. The molecule has 1 aliphatic carbocycles. The van der Waals surface area contributed by atoms with Gasteiger partial charge in [-0.15, -0.1) is 0 Å². The highest BCUT2D eigenvalue weighted by Crippen LogP contribution is 2.39. The largest absolute Gasteiger partial charge is 0.392 e. The molecule has 1 heterocycles. The number of benzene rings is 2. The summed E-state index contributed by atoms with van der Waals surface area (Å²) >= 11 is 12.2. The van der Waals surface area contributed by atoms with E-state index in [1.807, 2.05) is 17.0 Å². The summed E-state index contributed by atoms with van der Waals surface area (Å²) < 4.78 is 0. The SMILES string of the molecule is O=C(c1cc(Cl)cc(CO)c1)N1CCC2=C(Cc3ccc(Cl)cc32)C1. The first-order chi connectivity index (χ1) is 12.0. The zero-order valence-corrected chi connectivity index (χ0v) is 15.1. The van der Waals surface area contributed by atoms with Crippen LogP contribution in [0.4, 0.5) is 0 Å². The number of fused-ring (bicyclic) bond motifs is 2. The summed E-state index contributed by atoms with van der Waals surface area (Å²) in [6.07, 6.45) is 1.71. The minimum Gasteiger partial charge on any atom is -0.392 e. The lowest BCUT2D eigenvalue weighted by Gasteiger charge is -2.29. The normalized spacial score (nSPS) is 16.0. The summed E-state index contributed by atoms with van der Waals surface area (Å²) in [5.41, 5.74) is 6.33. The predicted octanol–water partition coefficient (Wildman–Crippen LogP) is 4.34. The molecule has 0 aromatic heterocycles. The number of hydrogen-bond donors (Lipinski definition) is 1. The number of carbonyl (C=O) groups excluding carboxylic acids is 1. The lowest BCUT2D eigenvalue weighted by Crippen LogP contribution is -2.36. The molecule has 5 heteroatoms. The number of rotatable bonds is 2. The van der Waals surface area contributed by atoms with E-state index in [0.29, 0.717) is 29.2 Å². The molecule has 0 spiro atoms. The van der Waals surface area contributed by atoms with Crippen LogP contribution in [0.5, 0.6) is 0 Å². The second kappa shape index (κ2) is 6.49. The first kappa shape index (κ1) is 16.6. The molecule has 25 heavy (non-hydrogen) atoms. The average Bonchev–Trinajstić information content (AvgIpc) is 2.97. The molecule has 4 rings (SSSR count). The van der Waals surface area contributed by atoms with Gasteiger partial charge in [0.05, 0.1) is 6.61 Å². The van der Waals surface area contributed by atoms with Crippen LogP contribution in [0.2, 0.25) is 10.0 Å². The van der Waals surface area contributed by atoms with Crippen molar-refractivity contribution in [3.05, 3.63) is 74.3 Å². The summed E-state index contributed by atoms with van der Waals surface area (Å²) in [5, 5.41) is 10.5. The number of carbonyl (C=O) groups is 1. The van der Waals surface area contributed by atoms with Gasteiger partial charge in [-0.2, -0.15) is 0 Å². The maximum atomic E-state index is 12.9. The molecule has 2 aromatic carbocycles. The Balaban J connectivity index is 1.59. The molecule has 0 unspecified atom stereocenters. The standard InChI is InChI=1S/C20H17Cl2NO2/c21-16-2-1-13-7-15-10-23(4-3-18(15)19(13)9-16)20(25)14-5-12(11-24)6-17(22)8-14/h1-2,5-6,8-9,24H,3-4,7,10-11H2. The number of hydrogen-bond acceptors (Lipinski definition) is 2. The van der Waals surface area contributed by atoms with Crippen LogP contribution in [0.1, 0.15) is 33.5 Å². The highest BCUT2D eigenvalue weighted by molar-refractivity contribution is 6.31. The summed E-state index contributed by atoms with van der Waals surface area (Å²) in [5.74, 6) is -0.0438. The Kier molecular flexibility index (Phi) is 4.32. The molecule has 0 saturated heterocycles. The van der Waals surface area contributed by atoms with Gasteiger partial charge in [0.25, 0.3) is 5.91 Å². The van der Waals surface area contributed by atoms with Crippen LogP contribution in [0.15, 0.2) is 42.0 Å². The highest BCUT2D eigenvalue weighted by atomic mass is 35.5. The van der Waals surface area contributed by atoms with Crippen molar-refractivity contribution in [2.75, 3.05) is 13.1 Å². The smallest absolute Gasteiger partial charge is 0.254 e. The minimum absolute atomic E-state index is 0.0438. The highest BCUT2D eigenvalue weighted by Gasteiger charge is 2.29. The molecule has 1 aliphatic heterocycles. The van der Waals surface area contributed by atoms with Crippen LogP contribution in [0.25, 0.3) is 5.57 Å². The van der Waals surface area contributed by atoms with E-state index >= 15 is 0 Å². The van der Waals surface area contributed by atoms with Crippen LogP contribution < -0.4 is 0 Å². The van der Waals surface area contributed by atoms with Crippen LogP contribution in [-0.2, 0) is 13.0 Å². The van der Waals surface area contributed by atoms with Gasteiger partial charge in [0.15, 0.2) is 0 Å². The first-order valence-electron chi connectivity index (χ1n) is 8.24. The third-order valence-electron chi connectivity index (χ3n) is 4.92. The summed E-state index contributed by atoms with van der Waals surface area (Å²) in [7, 11) is 0. The molecule has 0 bridgehead atoms. The van der Waals surface area contributed by atoms with Gasteiger partial charge in [-0.1, -0.05) is 29.3 Å². The van der Waals surface area contributed by atoms with Gasteiger partial charge in [0, 0.05) is 28.7 Å². The fraction of sp³-hybridized carbons (Fsp3) is 0.250. The van der Waals surface area contributed by atoms with Crippen molar-refractivity contribution in [3.8, 4) is 0 Å². The van der Waals surface area contributed by atoms with E-state index in [2.05, 4.69) is 6.07 Å². The molecule has 3 nitrogen and oxygen atoms in total. The Hall–Kier alpha value is -1.81. The topological polar surface area (TPSA) is 40.5 Å². The van der Waals surface area contributed by atoms with Gasteiger partial charge in [0.2, 0.25) is 0 Å². The number of halogens is 2. The van der Waals surface area contributed by atoms with Crippen LogP contribution in [0, 0.1) is 0 Å². The maximum Gasteiger partial charge on any atom is 0.254 e. The molecule has 0 atom stereocenters. The molecule has 2 aromatic rings. The molecule has 2 aliphatic rings. The number of amides is 1. The monoisotopic (exact) mass is 373 g/mol. The molecule has 0 saturated carbocycles. The quantitative estimate of drug-likeness (QED) is 0.850. The Bertz CT molecular complexity index is 905. The second-order valence-electron chi connectivity index (χ2n) is 6.54. The van der Waals surface area contributed by atoms with E-state index in [0.717, 1.165) is 17.9 Å². The fourth-order valence-corrected chi connectivity index (χ4v) is 4.18. The maximum absolute atomic E-state index is 12.9. The van der Waals surface area contributed by atoms with Gasteiger partial charge in [-0.3, -0.25) is 4.79 Å². The molecule has 0 radical (unpaired) electrons. The van der Waals surface area contributed by atoms with E-state index < -0.39 is 0 Å². The van der Waals surface area contributed by atoms with E-state index in [-0.39, 0.29) is 12.5 Å². The van der Waals surface area contributed by atoms with Crippen LogP contribution in [0.3, 0.4) is 0 Å². The van der Waals surface area contributed by atoms with Crippen molar-refractivity contribution in [2.45, 2.75) is 19.4 Å². The third kappa shape index (κ3) is 3.08. The Labute approximate surface area is 156 Å². The van der Waals surface area contributed by atoms with Crippen molar-refractivity contribution < 1.29 is 9.90 Å². The zero-order valence-electron chi connectivity index (χ0n) is 13.6. The summed E-state index contributed by atoms with van der Waals surface area (Å²) in [4.78, 5) is 14.7. The van der Waals surface area contributed by atoms with Gasteiger partial charge >= 0.3 is 0 Å². The lowest BCUT2D eigenvalue weighted by molar-refractivity contribution is 0.0767. The van der Waals surface area contributed by atoms with Gasteiger partial charge < -0.3 is 10.0 Å². The van der Waals surface area contributed by atoms with E-state index in [9.17, 15) is 9.90 Å². The number of aliphatic hydroxyl groups is 1. The van der Waals surface area contributed by atoms with Gasteiger partial charge in [-0.05, 0) is 71.0 Å². The first-order valence-corrected chi connectivity index (χ1v) is 9.00. The summed E-state index contributed by atoms with van der Waals surface area (Å²) in [6, 6.07) is 11.1. The molecular formula is C20H17Cl2NO2. The van der Waals surface area contributed by atoms with Gasteiger partial charge in [-0.25, -0.2) is 0 Å². The average molecular weight is 374 g/mol. The minimum atomic E-state index is -0.133. The van der Waals surface area contributed by atoms with E-state index in [4.69, 9.17) is 23.2 Å². The fourth-order valence-electron chi connectivity index (χ4n) is 3.75. The molecule has 128 valence electrons. The second-order valence-corrected chi connectivity index (χ2v) is 7.42. The van der Waals surface area contributed by atoms with E-state index in [1.165, 1.54) is 22.3 Å². The zero-order chi connectivity index (χ0) is 17.6. The van der Waals surface area contributed by atoms with Crippen LogP contribution >= 0.6 is 23.2 Å². The number of aliphatic hydroxyl groups excluding tert-OH is 1. The number of nitrogens with zero attached hydrogens (tertiary/aromatic N) is 1. The summed E-state index contributed by atoms with van der Waals surface area (Å²) in [6.45, 7) is 1.16. The van der Waals surface area contributed by atoms with Crippen molar-refractivity contribution in [2.24, 2.45) is 0 Å². The van der Waals surface area contributed by atoms with E-state index in [1.54, 1.807) is 18.2 Å². The Morgan fingerprint density at radius 1 is 1.12 bits per heavy atom. The predicted molar refractivity (Wildman–Crippen MR) is 100.0 cm³/mol.